The normalized spacial score (nSPS) is 16.6. The molecule has 1 saturated carbocycles. The number of nitrogens with zero attached hydrogens (tertiary/aromatic N) is 2. The molecule has 112 valence electrons. The molecule has 0 unspecified atom stereocenters. The van der Waals surface area contributed by atoms with Crippen LogP contribution in [0, 0.1) is 5.92 Å². The van der Waals surface area contributed by atoms with Gasteiger partial charge in [0.15, 0.2) is 5.75 Å². The zero-order valence-corrected chi connectivity index (χ0v) is 13.0. The molecular weight excluding hydrogens is 250 g/mol. The van der Waals surface area contributed by atoms with Crippen LogP contribution in [0.2, 0.25) is 0 Å². The maximum absolute atomic E-state index is 6.00. The van der Waals surface area contributed by atoms with Crippen LogP contribution in [-0.2, 0) is 6.54 Å². The topological polar surface area (TPSA) is 47.0 Å². The lowest BCUT2D eigenvalue weighted by atomic mass is 9.90. The molecule has 0 amide bonds. The molecule has 1 aromatic rings. The molecule has 0 radical (unpaired) electrons. The van der Waals surface area contributed by atoms with Gasteiger partial charge in [-0.2, -0.15) is 0 Å². The monoisotopic (exact) mass is 277 g/mol. The first kappa shape index (κ1) is 15.2. The van der Waals surface area contributed by atoms with Crippen molar-refractivity contribution in [3.8, 4) is 5.75 Å². The predicted octanol–water partition coefficient (Wildman–Crippen LogP) is 3.28. The van der Waals surface area contributed by atoms with E-state index in [0.29, 0.717) is 11.8 Å². The largest absolute Gasteiger partial charge is 0.490 e. The first-order valence-electron chi connectivity index (χ1n) is 7.84. The Hall–Kier alpha value is -1.16. The summed E-state index contributed by atoms with van der Waals surface area (Å²) in [4.78, 5) is 9.05. The van der Waals surface area contributed by atoms with Gasteiger partial charge >= 0.3 is 0 Å². The molecule has 1 aromatic heterocycles. The highest BCUT2D eigenvalue weighted by molar-refractivity contribution is 5.25. The van der Waals surface area contributed by atoms with Crippen molar-refractivity contribution in [2.75, 3.05) is 13.7 Å². The third-order valence-electron chi connectivity index (χ3n) is 3.91. The molecule has 1 fully saturated rings. The summed E-state index contributed by atoms with van der Waals surface area (Å²) in [6, 6.07) is 0. The van der Waals surface area contributed by atoms with Gasteiger partial charge in [0.1, 0.15) is 5.82 Å². The van der Waals surface area contributed by atoms with E-state index in [4.69, 9.17) is 4.74 Å². The molecule has 1 N–H and O–H groups in total. The summed E-state index contributed by atoms with van der Waals surface area (Å²) in [5.41, 5.74) is 0.974. The van der Waals surface area contributed by atoms with E-state index >= 15 is 0 Å². The Balaban J connectivity index is 2.01. The molecule has 0 spiro atoms. The van der Waals surface area contributed by atoms with E-state index in [1.807, 2.05) is 13.2 Å². The van der Waals surface area contributed by atoms with Crippen molar-refractivity contribution in [3.63, 3.8) is 0 Å². The lowest BCUT2D eigenvalue weighted by molar-refractivity contribution is 0.205. The average molecular weight is 277 g/mol. The van der Waals surface area contributed by atoms with Crippen LogP contribution < -0.4 is 10.1 Å². The van der Waals surface area contributed by atoms with Gasteiger partial charge in [0.2, 0.25) is 0 Å². The summed E-state index contributed by atoms with van der Waals surface area (Å²) in [6.45, 7) is 5.76. The Labute approximate surface area is 122 Å². The zero-order chi connectivity index (χ0) is 14.4. The molecular formula is C16H27N3O. The summed E-state index contributed by atoms with van der Waals surface area (Å²) < 4.78 is 6.00. The number of aromatic nitrogens is 2. The van der Waals surface area contributed by atoms with Crippen LogP contribution in [0.25, 0.3) is 0 Å². The molecule has 4 nitrogen and oxygen atoms in total. The second-order valence-corrected chi connectivity index (χ2v) is 6.04. The standard InChI is InChI=1S/C16H27N3O/c1-12(2)16-18-10-15(14(19-16)9-17-3)20-11-13-7-5-4-6-8-13/h10,12-13,17H,4-9,11H2,1-3H3. The SMILES string of the molecule is CNCc1nc(C(C)C)ncc1OCC1CCCCC1. The Kier molecular flexibility index (Phi) is 5.77. The van der Waals surface area contributed by atoms with E-state index < -0.39 is 0 Å². The Bertz CT molecular complexity index is 414. The summed E-state index contributed by atoms with van der Waals surface area (Å²) in [5, 5.41) is 3.16. The molecule has 1 heterocycles. The van der Waals surface area contributed by atoms with E-state index in [9.17, 15) is 0 Å². The van der Waals surface area contributed by atoms with Crippen LogP contribution in [0.5, 0.6) is 5.75 Å². The number of nitrogens with one attached hydrogen (secondary N) is 1. The Morgan fingerprint density at radius 1 is 1.30 bits per heavy atom. The summed E-state index contributed by atoms with van der Waals surface area (Å²) in [5.74, 6) is 2.78. The molecule has 1 aliphatic carbocycles. The second kappa shape index (κ2) is 7.58. The maximum atomic E-state index is 6.00. The van der Waals surface area contributed by atoms with E-state index in [2.05, 4.69) is 29.1 Å². The fraction of sp³-hybridized carbons (Fsp3) is 0.750. The average Bonchev–Trinajstić information content (AvgIpc) is 2.47. The number of ether oxygens (including phenoxy) is 1. The molecule has 0 aliphatic heterocycles. The minimum atomic E-state index is 0.345. The van der Waals surface area contributed by atoms with Crippen LogP contribution in [0.4, 0.5) is 0 Å². The van der Waals surface area contributed by atoms with Crippen LogP contribution in [0.15, 0.2) is 6.20 Å². The predicted molar refractivity (Wildman–Crippen MR) is 81.0 cm³/mol. The van der Waals surface area contributed by atoms with Crippen molar-refractivity contribution in [3.05, 3.63) is 17.7 Å². The fourth-order valence-corrected chi connectivity index (χ4v) is 2.68. The van der Waals surface area contributed by atoms with Gasteiger partial charge in [0.25, 0.3) is 0 Å². The lowest BCUT2D eigenvalue weighted by Crippen LogP contribution is -2.18. The Morgan fingerprint density at radius 3 is 2.70 bits per heavy atom. The number of hydrogen-bond acceptors (Lipinski definition) is 4. The molecule has 0 aromatic carbocycles. The molecule has 1 aliphatic rings. The van der Waals surface area contributed by atoms with Crippen molar-refractivity contribution < 1.29 is 4.74 Å². The maximum Gasteiger partial charge on any atom is 0.160 e. The molecule has 0 saturated heterocycles. The second-order valence-electron chi connectivity index (χ2n) is 6.04. The third kappa shape index (κ3) is 4.17. The molecule has 0 atom stereocenters. The smallest absolute Gasteiger partial charge is 0.160 e. The number of rotatable bonds is 6. The summed E-state index contributed by atoms with van der Waals surface area (Å²) >= 11 is 0. The third-order valence-corrected chi connectivity index (χ3v) is 3.91. The van der Waals surface area contributed by atoms with Gasteiger partial charge in [-0.25, -0.2) is 9.97 Å². The van der Waals surface area contributed by atoms with Gasteiger partial charge in [-0.05, 0) is 25.8 Å². The van der Waals surface area contributed by atoms with Crippen LogP contribution in [0.1, 0.15) is 63.4 Å². The zero-order valence-electron chi connectivity index (χ0n) is 13.0. The van der Waals surface area contributed by atoms with Crippen molar-refractivity contribution in [1.82, 2.24) is 15.3 Å². The molecule has 0 bridgehead atoms. The van der Waals surface area contributed by atoms with Crippen LogP contribution in [-0.4, -0.2) is 23.6 Å². The summed E-state index contributed by atoms with van der Waals surface area (Å²) in [6.07, 6.45) is 8.52. The quantitative estimate of drug-likeness (QED) is 0.867. The van der Waals surface area contributed by atoms with Gasteiger partial charge in [-0.3, -0.25) is 0 Å². The minimum absolute atomic E-state index is 0.345. The lowest BCUT2D eigenvalue weighted by Gasteiger charge is -2.22. The highest BCUT2D eigenvalue weighted by atomic mass is 16.5. The van der Waals surface area contributed by atoms with Gasteiger partial charge in [-0.15, -0.1) is 0 Å². The van der Waals surface area contributed by atoms with Gasteiger partial charge in [0.05, 0.1) is 18.5 Å². The minimum Gasteiger partial charge on any atom is -0.490 e. The van der Waals surface area contributed by atoms with E-state index in [1.54, 1.807) is 0 Å². The van der Waals surface area contributed by atoms with E-state index in [-0.39, 0.29) is 0 Å². The van der Waals surface area contributed by atoms with Crippen molar-refractivity contribution in [2.24, 2.45) is 5.92 Å². The fourth-order valence-electron chi connectivity index (χ4n) is 2.68. The first-order valence-corrected chi connectivity index (χ1v) is 7.84. The highest BCUT2D eigenvalue weighted by Crippen LogP contribution is 2.25. The van der Waals surface area contributed by atoms with Crippen molar-refractivity contribution >= 4 is 0 Å². The van der Waals surface area contributed by atoms with Gasteiger partial charge in [-0.1, -0.05) is 33.1 Å². The Morgan fingerprint density at radius 2 is 2.05 bits per heavy atom. The highest BCUT2D eigenvalue weighted by Gasteiger charge is 2.16. The molecule has 20 heavy (non-hydrogen) atoms. The van der Waals surface area contributed by atoms with E-state index in [0.717, 1.165) is 30.4 Å². The van der Waals surface area contributed by atoms with Gasteiger partial charge in [0, 0.05) is 12.5 Å². The van der Waals surface area contributed by atoms with Crippen molar-refractivity contribution in [2.45, 2.75) is 58.4 Å². The van der Waals surface area contributed by atoms with Crippen LogP contribution >= 0.6 is 0 Å². The summed E-state index contributed by atoms with van der Waals surface area (Å²) in [7, 11) is 1.93. The van der Waals surface area contributed by atoms with Gasteiger partial charge < -0.3 is 10.1 Å². The molecule has 2 rings (SSSR count). The molecule has 4 heteroatoms. The van der Waals surface area contributed by atoms with Crippen molar-refractivity contribution in [1.29, 1.82) is 0 Å². The van der Waals surface area contributed by atoms with E-state index in [1.165, 1.54) is 32.1 Å². The van der Waals surface area contributed by atoms with Crippen LogP contribution in [0.3, 0.4) is 0 Å². The number of hydrogen-bond donors (Lipinski definition) is 1. The first-order chi connectivity index (χ1) is 9.70.